The van der Waals surface area contributed by atoms with Gasteiger partial charge in [0, 0.05) is 0 Å². The van der Waals surface area contributed by atoms with Crippen LogP contribution in [0.15, 0.2) is 12.1 Å². The number of aromatic nitrogens is 1. The summed E-state index contributed by atoms with van der Waals surface area (Å²) >= 11 is 5.51. The molecule has 0 bridgehead atoms. The Morgan fingerprint density at radius 3 is 2.86 bits per heavy atom. The van der Waals surface area contributed by atoms with Gasteiger partial charge in [-0.25, -0.2) is 4.98 Å². The maximum absolute atomic E-state index is 10.1. The van der Waals surface area contributed by atoms with E-state index in [1.54, 1.807) is 0 Å². The molecule has 0 saturated heterocycles. The summed E-state index contributed by atoms with van der Waals surface area (Å²) in [5, 5.41) is 17.3. The maximum atomic E-state index is 10.1. The molecular weight excluding hydrogens is 206 g/mol. The Morgan fingerprint density at radius 2 is 2.29 bits per heavy atom. The minimum Gasteiger partial charge on any atom is -0.505 e. The third-order valence-electron chi connectivity index (χ3n) is 1.29. The summed E-state index contributed by atoms with van der Waals surface area (Å²) in [6, 6.07) is 2.80. The van der Waals surface area contributed by atoms with Crippen LogP contribution in [0.3, 0.4) is 0 Å². The number of nitrogens with zero attached hydrogens (tertiary/aromatic N) is 1. The monoisotopic (exact) mass is 211 g/mol. The first-order chi connectivity index (χ1) is 6.59. The average Bonchev–Trinajstić information content (AvgIpc) is 2.10. The van der Waals surface area contributed by atoms with E-state index in [9.17, 15) is 4.79 Å². The molecule has 1 aromatic rings. The van der Waals surface area contributed by atoms with Crippen LogP contribution in [-0.2, 0) is 4.79 Å². The van der Waals surface area contributed by atoms with Gasteiger partial charge in [-0.15, -0.1) is 0 Å². The Balaban J connectivity index is 2.81. The molecule has 0 atom stereocenters. The molecule has 0 saturated carbocycles. The maximum Gasteiger partial charge on any atom is 0.315 e. The molecule has 5 heteroatoms. The number of hydrogen-bond donors (Lipinski definition) is 2. The molecule has 14 heavy (non-hydrogen) atoms. The van der Waals surface area contributed by atoms with E-state index >= 15 is 0 Å². The largest absolute Gasteiger partial charge is 0.505 e. The van der Waals surface area contributed by atoms with Gasteiger partial charge in [0.2, 0.25) is 0 Å². The van der Waals surface area contributed by atoms with Crippen molar-refractivity contribution in [2.24, 2.45) is 0 Å². The molecule has 0 unspecified atom stereocenters. The molecule has 0 spiro atoms. The fraction of sp³-hybridized carbons (Fsp3) is 0.111. The van der Waals surface area contributed by atoms with Gasteiger partial charge >= 0.3 is 5.97 Å². The molecule has 1 heterocycles. The van der Waals surface area contributed by atoms with Crippen LogP contribution >= 0.6 is 11.6 Å². The quantitative estimate of drug-likeness (QED) is 0.542. The van der Waals surface area contributed by atoms with E-state index < -0.39 is 5.97 Å². The van der Waals surface area contributed by atoms with E-state index in [1.807, 2.05) is 0 Å². The topological polar surface area (TPSA) is 70.4 Å². The third-order valence-corrected chi connectivity index (χ3v) is 1.56. The molecular formula is C9H6ClNO3. The second-order valence-corrected chi connectivity index (χ2v) is 2.74. The number of halogens is 1. The second kappa shape index (κ2) is 4.49. The molecule has 0 aliphatic carbocycles. The van der Waals surface area contributed by atoms with Gasteiger partial charge in [0.1, 0.15) is 12.1 Å². The van der Waals surface area contributed by atoms with Crippen molar-refractivity contribution in [2.75, 3.05) is 0 Å². The smallest absolute Gasteiger partial charge is 0.315 e. The number of carboxylic acids is 1. The lowest BCUT2D eigenvalue weighted by Crippen LogP contribution is -1.90. The van der Waals surface area contributed by atoms with Crippen LogP contribution in [0.1, 0.15) is 12.1 Å². The Morgan fingerprint density at radius 1 is 1.57 bits per heavy atom. The minimum atomic E-state index is -0.998. The predicted octanol–water partition coefficient (Wildman–Crippen LogP) is 1.27. The summed E-state index contributed by atoms with van der Waals surface area (Å²) in [4.78, 5) is 13.8. The van der Waals surface area contributed by atoms with Crippen LogP contribution in [0.2, 0.25) is 5.15 Å². The van der Waals surface area contributed by atoms with E-state index in [2.05, 4.69) is 16.8 Å². The van der Waals surface area contributed by atoms with Crippen LogP contribution in [-0.4, -0.2) is 21.2 Å². The van der Waals surface area contributed by atoms with Gasteiger partial charge in [0.05, 0.1) is 0 Å². The van der Waals surface area contributed by atoms with Gasteiger partial charge < -0.3 is 10.2 Å². The van der Waals surface area contributed by atoms with Crippen molar-refractivity contribution < 1.29 is 15.0 Å². The summed E-state index contributed by atoms with van der Waals surface area (Å²) in [6.45, 7) is 0. The zero-order chi connectivity index (χ0) is 10.6. The zero-order valence-corrected chi connectivity index (χ0v) is 7.75. The first kappa shape index (κ1) is 10.4. The van der Waals surface area contributed by atoms with Crippen molar-refractivity contribution >= 4 is 17.6 Å². The third kappa shape index (κ3) is 2.96. The highest BCUT2D eigenvalue weighted by molar-refractivity contribution is 6.30. The van der Waals surface area contributed by atoms with Gasteiger partial charge in [0.15, 0.2) is 10.9 Å². The number of aromatic hydroxyl groups is 1. The van der Waals surface area contributed by atoms with Crippen molar-refractivity contribution in [1.29, 1.82) is 0 Å². The van der Waals surface area contributed by atoms with E-state index in [4.69, 9.17) is 21.8 Å². The molecule has 0 aromatic carbocycles. The molecule has 0 amide bonds. The summed E-state index contributed by atoms with van der Waals surface area (Å²) in [6.07, 6.45) is -0.250. The van der Waals surface area contributed by atoms with Gasteiger partial charge in [-0.3, -0.25) is 4.79 Å². The van der Waals surface area contributed by atoms with E-state index in [0.29, 0.717) is 5.69 Å². The van der Waals surface area contributed by atoms with Crippen molar-refractivity contribution in [3.8, 4) is 17.6 Å². The lowest BCUT2D eigenvalue weighted by atomic mass is 10.3. The highest BCUT2D eigenvalue weighted by Crippen LogP contribution is 2.19. The van der Waals surface area contributed by atoms with Crippen LogP contribution < -0.4 is 0 Å². The minimum absolute atomic E-state index is 0.0490. The Labute approximate surface area is 85.2 Å². The molecule has 4 nitrogen and oxygen atoms in total. The van der Waals surface area contributed by atoms with Crippen molar-refractivity contribution in [2.45, 2.75) is 6.42 Å². The highest BCUT2D eigenvalue weighted by atomic mass is 35.5. The number of carbonyl (C=O) groups is 1. The number of rotatable bonds is 1. The Kier molecular flexibility index (Phi) is 3.32. The Hall–Kier alpha value is -1.73. The van der Waals surface area contributed by atoms with Crippen molar-refractivity contribution in [3.05, 3.63) is 23.0 Å². The van der Waals surface area contributed by atoms with Crippen LogP contribution in [0.5, 0.6) is 5.75 Å². The van der Waals surface area contributed by atoms with Crippen LogP contribution in [0, 0.1) is 11.8 Å². The lowest BCUT2D eigenvalue weighted by Gasteiger charge is -1.94. The van der Waals surface area contributed by atoms with Crippen molar-refractivity contribution in [1.82, 2.24) is 4.98 Å². The summed E-state index contributed by atoms with van der Waals surface area (Å²) in [7, 11) is 0. The summed E-state index contributed by atoms with van der Waals surface area (Å²) in [5.41, 5.74) is 0.328. The molecule has 0 radical (unpaired) electrons. The summed E-state index contributed by atoms with van der Waals surface area (Å²) < 4.78 is 0. The second-order valence-electron chi connectivity index (χ2n) is 2.38. The highest BCUT2D eigenvalue weighted by Gasteiger charge is 1.98. The molecule has 1 aromatic heterocycles. The standard InChI is InChI=1S/C9H6ClNO3/c10-9-7(12)5-4-6(11-9)2-1-3-8(13)14/h4-5,12H,3H2,(H,13,14). The number of pyridine rings is 1. The SMILES string of the molecule is O=C(O)CC#Cc1ccc(O)c(Cl)n1. The van der Waals surface area contributed by atoms with Gasteiger partial charge in [-0.05, 0) is 18.1 Å². The van der Waals surface area contributed by atoms with E-state index in [1.165, 1.54) is 12.1 Å². The van der Waals surface area contributed by atoms with E-state index in [0.717, 1.165) is 0 Å². The predicted molar refractivity (Wildman–Crippen MR) is 50.0 cm³/mol. The lowest BCUT2D eigenvalue weighted by molar-refractivity contribution is -0.135. The molecule has 1 rings (SSSR count). The van der Waals surface area contributed by atoms with Gasteiger partial charge in [0.25, 0.3) is 0 Å². The van der Waals surface area contributed by atoms with Gasteiger partial charge in [-0.2, -0.15) is 0 Å². The normalized spacial score (nSPS) is 8.93. The fourth-order valence-corrected chi connectivity index (χ4v) is 0.861. The number of hydrogen-bond acceptors (Lipinski definition) is 3. The fourth-order valence-electron chi connectivity index (χ4n) is 0.707. The van der Waals surface area contributed by atoms with Gasteiger partial charge in [-0.1, -0.05) is 17.5 Å². The first-order valence-electron chi connectivity index (χ1n) is 3.66. The first-order valence-corrected chi connectivity index (χ1v) is 4.03. The number of aliphatic carboxylic acids is 1. The molecule has 0 fully saturated rings. The van der Waals surface area contributed by atoms with Crippen LogP contribution in [0.4, 0.5) is 0 Å². The molecule has 72 valence electrons. The average molecular weight is 212 g/mol. The summed E-state index contributed by atoms with van der Waals surface area (Å²) in [5.74, 6) is 3.78. The zero-order valence-electron chi connectivity index (χ0n) is 6.99. The molecule has 0 aliphatic heterocycles. The van der Waals surface area contributed by atoms with E-state index in [-0.39, 0.29) is 17.3 Å². The van der Waals surface area contributed by atoms with Crippen molar-refractivity contribution in [3.63, 3.8) is 0 Å². The Bertz CT molecular complexity index is 420. The number of carboxylic acid groups (broad SMARTS) is 1. The van der Waals surface area contributed by atoms with Crippen LogP contribution in [0.25, 0.3) is 0 Å². The molecule has 0 aliphatic rings. The molecule has 2 N–H and O–H groups in total.